The maximum atomic E-state index is 13.0. The van der Waals surface area contributed by atoms with Gasteiger partial charge in [-0.05, 0) is 98.2 Å². The van der Waals surface area contributed by atoms with E-state index in [0.717, 1.165) is 43.4 Å². The maximum absolute atomic E-state index is 13.0. The molecule has 4 aliphatic rings. The molecule has 0 bridgehead atoms. The van der Waals surface area contributed by atoms with E-state index in [9.17, 15) is 15.0 Å². The molecule has 0 radical (unpaired) electrons. The molecule has 0 spiro atoms. The van der Waals surface area contributed by atoms with E-state index < -0.39 is 0 Å². The van der Waals surface area contributed by atoms with E-state index >= 15 is 0 Å². The highest BCUT2D eigenvalue weighted by Crippen LogP contribution is 2.67. The predicted molar refractivity (Wildman–Crippen MR) is 121 cm³/mol. The zero-order chi connectivity index (χ0) is 21.7. The van der Waals surface area contributed by atoms with Gasteiger partial charge in [0, 0.05) is 18.9 Å². The average molecular weight is 417 g/mol. The van der Waals surface area contributed by atoms with Gasteiger partial charge in [-0.3, -0.25) is 4.79 Å². The minimum absolute atomic E-state index is 0.133. The van der Waals surface area contributed by atoms with Crippen LogP contribution in [0, 0.1) is 46.3 Å². The fourth-order valence-electron chi connectivity index (χ4n) is 8.44. The summed E-state index contributed by atoms with van der Waals surface area (Å²) in [7, 11) is 0. The van der Waals surface area contributed by atoms with E-state index in [1.165, 1.54) is 32.1 Å². The lowest BCUT2D eigenvalue weighted by atomic mass is 9.47. The van der Waals surface area contributed by atoms with Crippen molar-refractivity contribution in [2.75, 3.05) is 6.61 Å². The summed E-state index contributed by atoms with van der Waals surface area (Å²) in [5.74, 6) is 3.58. The van der Waals surface area contributed by atoms with Crippen molar-refractivity contribution in [1.29, 1.82) is 0 Å². The first kappa shape index (κ1) is 22.5. The van der Waals surface area contributed by atoms with Crippen LogP contribution < -0.4 is 0 Å². The Morgan fingerprint density at radius 3 is 2.63 bits per heavy atom. The first-order chi connectivity index (χ1) is 14.2. The third kappa shape index (κ3) is 3.62. The molecule has 0 aromatic rings. The van der Waals surface area contributed by atoms with Crippen LogP contribution in [0.1, 0.15) is 91.9 Å². The third-order valence-corrected chi connectivity index (χ3v) is 10.5. The van der Waals surface area contributed by atoms with E-state index in [4.69, 9.17) is 0 Å². The number of hydrogen-bond acceptors (Lipinski definition) is 3. The summed E-state index contributed by atoms with van der Waals surface area (Å²) < 4.78 is 0. The van der Waals surface area contributed by atoms with Gasteiger partial charge in [-0.1, -0.05) is 39.3 Å². The van der Waals surface area contributed by atoms with Crippen LogP contribution in [0.3, 0.4) is 0 Å². The van der Waals surface area contributed by atoms with Gasteiger partial charge >= 0.3 is 0 Å². The Morgan fingerprint density at radius 2 is 1.90 bits per heavy atom. The van der Waals surface area contributed by atoms with E-state index in [0.29, 0.717) is 29.0 Å². The van der Waals surface area contributed by atoms with E-state index in [2.05, 4.69) is 26.8 Å². The predicted octanol–water partition coefficient (Wildman–Crippen LogP) is 5.54. The van der Waals surface area contributed by atoms with Gasteiger partial charge in [-0.2, -0.15) is 0 Å². The van der Waals surface area contributed by atoms with Gasteiger partial charge in [0.25, 0.3) is 0 Å². The summed E-state index contributed by atoms with van der Waals surface area (Å²) in [5.41, 5.74) is 2.14. The second-order valence-electron chi connectivity index (χ2n) is 12.0. The van der Waals surface area contributed by atoms with Gasteiger partial charge in [-0.15, -0.1) is 0 Å². The van der Waals surface area contributed by atoms with Gasteiger partial charge in [0.2, 0.25) is 0 Å². The van der Waals surface area contributed by atoms with Crippen molar-refractivity contribution in [3.05, 3.63) is 11.6 Å². The van der Waals surface area contributed by atoms with Gasteiger partial charge in [-0.25, -0.2) is 0 Å². The zero-order valence-corrected chi connectivity index (χ0v) is 19.7. The highest BCUT2D eigenvalue weighted by molar-refractivity contribution is 5.81. The fraction of sp³-hybridized carbons (Fsp3) is 0.889. The monoisotopic (exact) mass is 416 g/mol. The summed E-state index contributed by atoms with van der Waals surface area (Å²) in [6.45, 7) is 9.41. The number of ketones is 1. The van der Waals surface area contributed by atoms with Crippen LogP contribution in [0.4, 0.5) is 0 Å². The molecule has 170 valence electrons. The average Bonchev–Trinajstić information content (AvgIpc) is 3.08. The van der Waals surface area contributed by atoms with Crippen LogP contribution in [0.2, 0.25) is 0 Å². The van der Waals surface area contributed by atoms with Crippen LogP contribution in [0.15, 0.2) is 11.6 Å². The SMILES string of the molecule is C[C@H](CO)CCC(=O)[C@H](C)[C@H]1CC[C@H]2[C@@H]3CC=C4C[C@@H](O)CC[C@]4(C)[C@H]3CC[C@]12C. The summed E-state index contributed by atoms with van der Waals surface area (Å²) >= 11 is 0. The molecule has 0 aromatic heterocycles. The fourth-order valence-corrected chi connectivity index (χ4v) is 8.44. The van der Waals surface area contributed by atoms with E-state index in [1.54, 1.807) is 5.57 Å². The molecule has 3 fully saturated rings. The third-order valence-electron chi connectivity index (χ3n) is 10.5. The van der Waals surface area contributed by atoms with Crippen LogP contribution in [-0.2, 0) is 4.79 Å². The quantitative estimate of drug-likeness (QED) is 0.559. The number of fused-ring (bicyclic) bond motifs is 5. The molecule has 0 unspecified atom stereocenters. The Labute approximate surface area is 183 Å². The molecule has 3 heteroatoms. The summed E-state index contributed by atoms with van der Waals surface area (Å²) in [6, 6.07) is 0. The number of carbonyl (C=O) groups excluding carboxylic acids is 1. The lowest BCUT2D eigenvalue weighted by molar-refractivity contribution is -0.127. The Bertz CT molecular complexity index is 684. The lowest BCUT2D eigenvalue weighted by Crippen LogP contribution is -2.51. The van der Waals surface area contributed by atoms with Crippen molar-refractivity contribution in [3.63, 3.8) is 0 Å². The second-order valence-corrected chi connectivity index (χ2v) is 12.0. The zero-order valence-electron chi connectivity index (χ0n) is 19.7. The van der Waals surface area contributed by atoms with Gasteiger partial charge in [0.05, 0.1) is 6.10 Å². The number of allylic oxidation sites excluding steroid dienone is 1. The first-order valence-electron chi connectivity index (χ1n) is 12.7. The van der Waals surface area contributed by atoms with Crippen LogP contribution in [-0.4, -0.2) is 28.7 Å². The minimum atomic E-state index is -0.133. The van der Waals surface area contributed by atoms with Gasteiger partial charge in [0.15, 0.2) is 0 Å². The molecular weight excluding hydrogens is 372 g/mol. The Hall–Kier alpha value is -0.670. The van der Waals surface area contributed by atoms with Gasteiger partial charge in [0.1, 0.15) is 5.78 Å². The lowest BCUT2D eigenvalue weighted by Gasteiger charge is -2.58. The molecule has 0 heterocycles. The van der Waals surface area contributed by atoms with Gasteiger partial charge < -0.3 is 10.2 Å². The van der Waals surface area contributed by atoms with Crippen molar-refractivity contribution < 1.29 is 15.0 Å². The molecule has 2 N–H and O–H groups in total. The standard InChI is InChI=1S/C27H44O3/c1-17(16-28)5-10-25(30)18(2)22-8-9-23-21-7-6-19-15-20(29)11-13-26(19,3)24(21)12-14-27(22,23)4/h6,17-18,20-24,28-29H,5,7-16H2,1-4H3/t17-,18+,20-,21-,22+,23-,24-,26-,27+/m0/s1. The summed E-state index contributed by atoms with van der Waals surface area (Å²) in [5, 5.41) is 19.5. The molecule has 4 aliphatic carbocycles. The summed E-state index contributed by atoms with van der Waals surface area (Å²) in [6.07, 6.45) is 13.0. The number of Topliss-reactive ketones (excluding diaryl/α,β-unsaturated/α-hetero) is 1. The Kier molecular flexibility index (Phi) is 6.27. The molecule has 3 nitrogen and oxygen atoms in total. The molecule has 9 atom stereocenters. The number of aliphatic hydroxyl groups excluding tert-OH is 2. The minimum Gasteiger partial charge on any atom is -0.396 e. The molecule has 4 rings (SSSR count). The van der Waals surface area contributed by atoms with Crippen molar-refractivity contribution >= 4 is 5.78 Å². The van der Waals surface area contributed by atoms with Crippen LogP contribution >= 0.6 is 0 Å². The molecular formula is C27H44O3. The second kappa shape index (κ2) is 8.35. The number of carbonyl (C=O) groups is 1. The van der Waals surface area contributed by atoms with Crippen molar-refractivity contribution in [2.24, 2.45) is 46.3 Å². The number of hydrogen-bond donors (Lipinski definition) is 2. The largest absolute Gasteiger partial charge is 0.396 e. The molecule has 0 aromatic carbocycles. The normalized spacial score (nSPS) is 45.0. The first-order valence-corrected chi connectivity index (χ1v) is 12.7. The smallest absolute Gasteiger partial charge is 0.136 e. The molecule has 0 saturated heterocycles. The number of aliphatic hydroxyl groups is 2. The molecule has 0 amide bonds. The maximum Gasteiger partial charge on any atom is 0.136 e. The molecule has 3 saturated carbocycles. The van der Waals surface area contributed by atoms with Crippen LogP contribution in [0.5, 0.6) is 0 Å². The van der Waals surface area contributed by atoms with E-state index in [1.807, 2.05) is 6.92 Å². The highest BCUT2D eigenvalue weighted by atomic mass is 16.3. The van der Waals surface area contributed by atoms with Crippen molar-refractivity contribution in [1.82, 2.24) is 0 Å². The van der Waals surface area contributed by atoms with Crippen LogP contribution in [0.25, 0.3) is 0 Å². The van der Waals surface area contributed by atoms with E-state index in [-0.39, 0.29) is 24.5 Å². The Morgan fingerprint density at radius 1 is 1.13 bits per heavy atom. The summed E-state index contributed by atoms with van der Waals surface area (Å²) in [4.78, 5) is 13.0. The van der Waals surface area contributed by atoms with Crippen molar-refractivity contribution in [2.45, 2.75) is 98.0 Å². The number of rotatable bonds is 6. The molecule has 30 heavy (non-hydrogen) atoms. The topological polar surface area (TPSA) is 57.5 Å². The Balaban J connectivity index is 1.49. The molecule has 0 aliphatic heterocycles. The highest BCUT2D eigenvalue weighted by Gasteiger charge is 2.59. The van der Waals surface area contributed by atoms with Crippen molar-refractivity contribution in [3.8, 4) is 0 Å².